The number of nitrogens with two attached hydrogens (primary N) is 1. The van der Waals surface area contributed by atoms with Crippen LogP contribution < -0.4 is 15.8 Å². The fourth-order valence-electron chi connectivity index (χ4n) is 1.94. The molecule has 0 aliphatic heterocycles. The molecule has 1 aromatic heterocycles. The van der Waals surface area contributed by atoms with Crippen LogP contribution in [0.5, 0.6) is 5.75 Å². The lowest BCUT2D eigenvalue weighted by atomic mass is 10.1. The monoisotopic (exact) mass is 289 g/mol. The van der Waals surface area contributed by atoms with Crippen molar-refractivity contribution in [3.63, 3.8) is 0 Å². The maximum atomic E-state index is 13.7. The van der Waals surface area contributed by atoms with Crippen molar-refractivity contribution in [2.24, 2.45) is 5.73 Å². The zero-order valence-corrected chi connectivity index (χ0v) is 11.8. The standard InChI is InChI=1S/C15H16FN3O2/c1-9(10-3-4-14(21-2)12(16)7-10)19-11-5-6-18-13(8-11)15(17)20/h3-9H,1-2H3,(H2,17,20)(H,18,19). The van der Waals surface area contributed by atoms with Crippen LogP contribution in [0.15, 0.2) is 36.5 Å². The second kappa shape index (κ2) is 6.21. The zero-order valence-electron chi connectivity index (χ0n) is 11.8. The van der Waals surface area contributed by atoms with Crippen molar-refractivity contribution >= 4 is 11.6 Å². The lowest BCUT2D eigenvalue weighted by molar-refractivity contribution is 0.0995. The predicted molar refractivity (Wildman–Crippen MR) is 77.7 cm³/mol. The highest BCUT2D eigenvalue weighted by Crippen LogP contribution is 2.24. The number of hydrogen-bond donors (Lipinski definition) is 2. The van der Waals surface area contributed by atoms with Crippen molar-refractivity contribution in [1.29, 1.82) is 0 Å². The third kappa shape index (κ3) is 3.47. The molecule has 110 valence electrons. The Kier molecular flexibility index (Phi) is 4.37. The number of primary amides is 1. The van der Waals surface area contributed by atoms with Gasteiger partial charge in [-0.25, -0.2) is 4.39 Å². The van der Waals surface area contributed by atoms with Gasteiger partial charge in [0.25, 0.3) is 5.91 Å². The molecule has 1 unspecified atom stereocenters. The minimum atomic E-state index is -0.596. The fourth-order valence-corrected chi connectivity index (χ4v) is 1.94. The van der Waals surface area contributed by atoms with E-state index in [4.69, 9.17) is 10.5 Å². The molecule has 0 bridgehead atoms. The van der Waals surface area contributed by atoms with Crippen molar-refractivity contribution in [2.45, 2.75) is 13.0 Å². The number of carbonyl (C=O) groups is 1. The summed E-state index contributed by atoms with van der Waals surface area (Å²) in [5, 5.41) is 3.16. The van der Waals surface area contributed by atoms with Gasteiger partial charge in [0.2, 0.25) is 0 Å². The molecule has 0 fully saturated rings. The number of hydrogen-bond acceptors (Lipinski definition) is 4. The SMILES string of the molecule is COc1ccc(C(C)Nc2ccnc(C(N)=O)c2)cc1F. The number of carbonyl (C=O) groups excluding carboxylic acids is 1. The maximum Gasteiger partial charge on any atom is 0.267 e. The lowest BCUT2D eigenvalue weighted by Crippen LogP contribution is -2.14. The highest BCUT2D eigenvalue weighted by atomic mass is 19.1. The molecule has 2 rings (SSSR count). The third-order valence-electron chi connectivity index (χ3n) is 3.07. The number of pyridine rings is 1. The number of methoxy groups -OCH3 is 1. The molecular weight excluding hydrogens is 273 g/mol. The largest absolute Gasteiger partial charge is 0.494 e. The molecule has 3 N–H and O–H groups in total. The van der Waals surface area contributed by atoms with Crippen LogP contribution in [0, 0.1) is 5.82 Å². The summed E-state index contributed by atoms with van der Waals surface area (Å²) in [5.41, 5.74) is 6.80. The summed E-state index contributed by atoms with van der Waals surface area (Å²) in [6, 6.07) is 7.86. The van der Waals surface area contributed by atoms with Crippen molar-refractivity contribution in [3.8, 4) is 5.75 Å². The molecule has 1 aromatic carbocycles. The number of ether oxygens (including phenoxy) is 1. The van der Waals surface area contributed by atoms with Crippen LogP contribution in [0.3, 0.4) is 0 Å². The van der Waals surface area contributed by atoms with E-state index in [0.717, 1.165) is 5.56 Å². The predicted octanol–water partition coefficient (Wildman–Crippen LogP) is 2.50. The molecule has 0 saturated carbocycles. The topological polar surface area (TPSA) is 77.2 Å². The van der Waals surface area contributed by atoms with E-state index in [1.165, 1.54) is 19.4 Å². The van der Waals surface area contributed by atoms with Crippen molar-refractivity contribution in [1.82, 2.24) is 4.98 Å². The summed E-state index contributed by atoms with van der Waals surface area (Å²) in [5.74, 6) is -0.816. The molecule has 0 aliphatic carbocycles. The van der Waals surface area contributed by atoms with E-state index in [2.05, 4.69) is 10.3 Å². The lowest BCUT2D eigenvalue weighted by Gasteiger charge is -2.16. The summed E-state index contributed by atoms with van der Waals surface area (Å²) in [7, 11) is 1.42. The van der Waals surface area contributed by atoms with E-state index in [0.29, 0.717) is 5.69 Å². The van der Waals surface area contributed by atoms with Crippen LogP contribution in [-0.2, 0) is 0 Å². The molecule has 0 saturated heterocycles. The van der Waals surface area contributed by atoms with Crippen LogP contribution in [0.1, 0.15) is 29.0 Å². The average molecular weight is 289 g/mol. The van der Waals surface area contributed by atoms with Crippen LogP contribution >= 0.6 is 0 Å². The van der Waals surface area contributed by atoms with E-state index in [-0.39, 0.29) is 17.5 Å². The van der Waals surface area contributed by atoms with Gasteiger partial charge < -0.3 is 15.8 Å². The first-order valence-electron chi connectivity index (χ1n) is 6.37. The van der Waals surface area contributed by atoms with Gasteiger partial charge in [-0.15, -0.1) is 0 Å². The summed E-state index contributed by atoms with van der Waals surface area (Å²) in [6.07, 6.45) is 1.49. The Hall–Kier alpha value is -2.63. The summed E-state index contributed by atoms with van der Waals surface area (Å²) in [6.45, 7) is 1.88. The quantitative estimate of drug-likeness (QED) is 0.886. The van der Waals surface area contributed by atoms with Gasteiger partial charge in [-0.05, 0) is 36.8 Å². The zero-order chi connectivity index (χ0) is 15.4. The second-order valence-electron chi connectivity index (χ2n) is 4.55. The number of benzene rings is 1. The number of nitrogens with one attached hydrogen (secondary N) is 1. The van der Waals surface area contributed by atoms with Crippen LogP contribution in [0.4, 0.5) is 10.1 Å². The van der Waals surface area contributed by atoms with Gasteiger partial charge >= 0.3 is 0 Å². The Morgan fingerprint density at radius 3 is 2.76 bits per heavy atom. The van der Waals surface area contributed by atoms with Crippen LogP contribution in [0.2, 0.25) is 0 Å². The van der Waals surface area contributed by atoms with Crippen LogP contribution in [0.25, 0.3) is 0 Å². The van der Waals surface area contributed by atoms with Gasteiger partial charge in [0, 0.05) is 17.9 Å². The van der Waals surface area contributed by atoms with Gasteiger partial charge in [0.15, 0.2) is 11.6 Å². The second-order valence-corrected chi connectivity index (χ2v) is 4.55. The van der Waals surface area contributed by atoms with E-state index < -0.39 is 11.7 Å². The number of halogens is 1. The average Bonchev–Trinajstić information content (AvgIpc) is 2.47. The fraction of sp³-hybridized carbons (Fsp3) is 0.200. The molecule has 1 heterocycles. The number of amides is 1. The minimum absolute atomic E-state index is 0.159. The first kappa shape index (κ1) is 14.8. The number of aromatic nitrogens is 1. The molecular formula is C15H16FN3O2. The van der Waals surface area contributed by atoms with Crippen LogP contribution in [-0.4, -0.2) is 18.0 Å². The van der Waals surface area contributed by atoms with E-state index in [1.807, 2.05) is 6.92 Å². The molecule has 21 heavy (non-hydrogen) atoms. The van der Waals surface area contributed by atoms with Crippen molar-refractivity contribution < 1.29 is 13.9 Å². The Balaban J connectivity index is 2.17. The Morgan fingerprint density at radius 2 is 2.14 bits per heavy atom. The van der Waals surface area contributed by atoms with Gasteiger partial charge in [0.05, 0.1) is 7.11 Å². The Bertz CT molecular complexity index is 661. The van der Waals surface area contributed by atoms with Gasteiger partial charge in [0.1, 0.15) is 5.69 Å². The highest BCUT2D eigenvalue weighted by Gasteiger charge is 2.10. The van der Waals surface area contributed by atoms with Crippen molar-refractivity contribution in [3.05, 3.63) is 53.6 Å². The Morgan fingerprint density at radius 1 is 1.38 bits per heavy atom. The molecule has 2 aromatic rings. The molecule has 1 atom stereocenters. The number of nitrogens with zero attached hydrogens (tertiary/aromatic N) is 1. The first-order chi connectivity index (χ1) is 10.0. The number of rotatable bonds is 5. The summed E-state index contributed by atoms with van der Waals surface area (Å²) in [4.78, 5) is 15.0. The van der Waals surface area contributed by atoms with Gasteiger partial charge in [-0.1, -0.05) is 6.07 Å². The van der Waals surface area contributed by atoms with Gasteiger partial charge in [-0.3, -0.25) is 9.78 Å². The molecule has 1 amide bonds. The molecule has 0 aliphatic rings. The minimum Gasteiger partial charge on any atom is -0.494 e. The maximum absolute atomic E-state index is 13.7. The summed E-state index contributed by atoms with van der Waals surface area (Å²) >= 11 is 0. The third-order valence-corrected chi connectivity index (χ3v) is 3.07. The molecule has 0 radical (unpaired) electrons. The number of anilines is 1. The highest BCUT2D eigenvalue weighted by molar-refractivity contribution is 5.91. The molecule has 5 nitrogen and oxygen atoms in total. The molecule has 0 spiro atoms. The van der Waals surface area contributed by atoms with E-state index in [1.54, 1.807) is 24.3 Å². The van der Waals surface area contributed by atoms with Gasteiger partial charge in [-0.2, -0.15) is 0 Å². The molecule has 6 heteroatoms. The van der Waals surface area contributed by atoms with E-state index in [9.17, 15) is 9.18 Å². The summed E-state index contributed by atoms with van der Waals surface area (Å²) < 4.78 is 18.6. The van der Waals surface area contributed by atoms with E-state index >= 15 is 0 Å². The van der Waals surface area contributed by atoms with Crippen molar-refractivity contribution in [2.75, 3.05) is 12.4 Å². The smallest absolute Gasteiger partial charge is 0.267 e. The first-order valence-corrected chi connectivity index (χ1v) is 6.37. The Labute approximate surface area is 121 Å². The normalized spacial score (nSPS) is 11.8.